The average Bonchev–Trinajstić information content (AvgIpc) is 2.83. The molecule has 0 saturated carbocycles. The van der Waals surface area contributed by atoms with Gasteiger partial charge in [0.1, 0.15) is 28.6 Å². The highest BCUT2D eigenvalue weighted by molar-refractivity contribution is 7.28. The van der Waals surface area contributed by atoms with Crippen LogP contribution in [0.1, 0.15) is 35.5 Å². The Balaban J connectivity index is 1.62. The molecule has 0 bridgehead atoms. The molecule has 8 nitrogen and oxygen atoms in total. The molecule has 11 heteroatoms. The van der Waals surface area contributed by atoms with Gasteiger partial charge < -0.3 is 25.4 Å². The number of anilines is 1. The van der Waals surface area contributed by atoms with E-state index in [1.165, 1.54) is 37.5 Å². The summed E-state index contributed by atoms with van der Waals surface area (Å²) in [6.45, 7) is 0.846. The molecule has 1 amide bonds. The molecule has 4 N–H and O–H groups in total. The Kier molecular flexibility index (Phi) is 7.21. The van der Waals surface area contributed by atoms with Crippen LogP contribution in [-0.4, -0.2) is 55.6 Å². The lowest BCUT2D eigenvalue weighted by molar-refractivity contribution is -0.236. The zero-order valence-electron chi connectivity index (χ0n) is 18.7. The van der Waals surface area contributed by atoms with Gasteiger partial charge in [0, 0.05) is 23.7 Å². The van der Waals surface area contributed by atoms with E-state index in [4.69, 9.17) is 4.74 Å². The van der Waals surface area contributed by atoms with Gasteiger partial charge >= 0.3 is 0 Å². The van der Waals surface area contributed by atoms with Crippen molar-refractivity contribution in [3.8, 4) is 11.3 Å². The Bertz CT molecular complexity index is 1230. The topological polar surface area (TPSA) is 125 Å². The minimum atomic E-state index is -1.81. The second-order valence-corrected chi connectivity index (χ2v) is 8.94. The van der Waals surface area contributed by atoms with E-state index < -0.39 is 48.1 Å². The molecule has 2 aromatic heterocycles. The van der Waals surface area contributed by atoms with Crippen LogP contribution in [0.3, 0.4) is 0 Å². The molecular weight excluding hydrogens is 479 g/mol. The largest absolute Gasteiger partial charge is 0.393 e. The lowest BCUT2D eigenvalue weighted by Crippen LogP contribution is -2.58. The van der Waals surface area contributed by atoms with E-state index in [2.05, 4.69) is 24.5 Å². The number of hydrogen-bond acceptors (Lipinski definition) is 7. The van der Waals surface area contributed by atoms with Gasteiger partial charge in [-0.05, 0) is 36.5 Å². The number of aliphatic hydroxyl groups is 3. The van der Waals surface area contributed by atoms with Gasteiger partial charge in [-0.2, -0.15) is 0 Å². The fourth-order valence-electron chi connectivity index (χ4n) is 4.04. The fourth-order valence-corrected chi connectivity index (χ4v) is 4.43. The molecule has 5 atom stereocenters. The number of carbonyl (C=O) groups is 1. The molecule has 0 radical (unpaired) electrons. The summed E-state index contributed by atoms with van der Waals surface area (Å²) in [5.74, 6) is -2.16. The number of aromatic nitrogens is 2. The molecule has 0 aliphatic carbocycles. The van der Waals surface area contributed by atoms with Crippen LogP contribution in [0, 0.1) is 11.6 Å². The van der Waals surface area contributed by atoms with E-state index in [1.807, 2.05) is 0 Å². The Morgan fingerprint density at radius 1 is 1.26 bits per heavy atom. The summed E-state index contributed by atoms with van der Waals surface area (Å²) >= 11 is 0. The van der Waals surface area contributed by atoms with Gasteiger partial charge in [0.05, 0.1) is 36.8 Å². The molecule has 3 heterocycles. The van der Waals surface area contributed by atoms with Gasteiger partial charge in [0.25, 0.3) is 5.91 Å². The Morgan fingerprint density at radius 3 is 2.71 bits per heavy atom. The number of nitrogens with one attached hydrogen (secondary N) is 1. The number of benzene rings is 1. The van der Waals surface area contributed by atoms with Crippen molar-refractivity contribution in [2.45, 2.75) is 37.3 Å². The van der Waals surface area contributed by atoms with Crippen LogP contribution in [-0.2, 0) is 4.74 Å². The second kappa shape index (κ2) is 10.0. The number of halogens is 2. The maximum Gasteiger partial charge on any atom is 0.274 e. The maximum atomic E-state index is 14.5. The summed E-state index contributed by atoms with van der Waals surface area (Å²) in [4.78, 5) is 21.1. The van der Waals surface area contributed by atoms with Gasteiger partial charge in [0.15, 0.2) is 0 Å². The highest BCUT2D eigenvalue weighted by atomic mass is 31.0. The summed E-state index contributed by atoms with van der Waals surface area (Å²) in [5.41, 5.74) is -1.62. The number of carbonyl (C=O) groups excluding carboxylic acids is 1. The molecule has 1 fully saturated rings. The first-order valence-corrected chi connectivity index (χ1v) is 11.4. The van der Waals surface area contributed by atoms with Gasteiger partial charge in [-0.15, -0.1) is 9.24 Å². The summed E-state index contributed by atoms with van der Waals surface area (Å²) < 4.78 is 34.8. The van der Waals surface area contributed by atoms with Crippen LogP contribution in [0.5, 0.6) is 0 Å². The van der Waals surface area contributed by atoms with Crippen molar-refractivity contribution in [1.29, 1.82) is 0 Å². The molecular formula is C24H24F2N3O5P. The van der Waals surface area contributed by atoms with E-state index in [-0.39, 0.29) is 29.1 Å². The van der Waals surface area contributed by atoms with Crippen LogP contribution in [0.25, 0.3) is 11.3 Å². The SMILES string of the molecule is C[C@@H]1O[C@H](c2ccncc2NC(=O)c2ccc(F)c(-c3c(F)cccc3P)n2)C[C@H](O)[C@]1(O)CO. The van der Waals surface area contributed by atoms with E-state index >= 15 is 0 Å². The van der Waals surface area contributed by atoms with Crippen LogP contribution in [0.15, 0.2) is 48.8 Å². The number of rotatable bonds is 5. The van der Waals surface area contributed by atoms with Crippen LogP contribution < -0.4 is 10.6 Å². The van der Waals surface area contributed by atoms with Crippen molar-refractivity contribution >= 4 is 26.1 Å². The highest BCUT2D eigenvalue weighted by Crippen LogP contribution is 2.39. The Morgan fingerprint density at radius 2 is 2.03 bits per heavy atom. The van der Waals surface area contributed by atoms with E-state index in [0.29, 0.717) is 10.9 Å². The number of amides is 1. The number of nitrogens with zero attached hydrogens (tertiary/aromatic N) is 2. The first-order valence-electron chi connectivity index (χ1n) is 10.8. The lowest BCUT2D eigenvalue weighted by atomic mass is 9.83. The standard InChI is InChI=1S/C24H24F2N3O5P/c1-12-24(33,11-30)20(31)9-18(34-12)13-7-8-27-10-17(13)29-23(32)16-6-5-15(26)22(28-16)21-14(25)3-2-4-19(21)35/h2-8,10,12,18,20,30-31,33H,9,11,35H2,1H3,(H,29,32)/t12-,18-,20-,24-/m0/s1. The molecule has 1 saturated heterocycles. The summed E-state index contributed by atoms with van der Waals surface area (Å²) in [7, 11) is 2.31. The molecule has 1 aliphatic heterocycles. The zero-order valence-corrected chi connectivity index (χ0v) is 19.8. The van der Waals surface area contributed by atoms with Gasteiger partial charge in [0.2, 0.25) is 0 Å². The van der Waals surface area contributed by atoms with Crippen molar-refractivity contribution in [3.05, 3.63) is 71.7 Å². The molecule has 184 valence electrons. The van der Waals surface area contributed by atoms with Crippen molar-refractivity contribution in [1.82, 2.24) is 9.97 Å². The maximum absolute atomic E-state index is 14.5. The van der Waals surface area contributed by atoms with Crippen molar-refractivity contribution < 1.29 is 33.6 Å². The second-order valence-electron chi connectivity index (χ2n) is 8.32. The van der Waals surface area contributed by atoms with E-state index in [1.54, 1.807) is 12.1 Å². The van der Waals surface area contributed by atoms with Crippen LogP contribution >= 0.6 is 9.24 Å². The monoisotopic (exact) mass is 503 g/mol. The van der Waals surface area contributed by atoms with Crippen molar-refractivity contribution in [2.24, 2.45) is 0 Å². The van der Waals surface area contributed by atoms with Crippen LogP contribution in [0.4, 0.5) is 14.5 Å². The molecule has 1 aliphatic rings. The van der Waals surface area contributed by atoms with Gasteiger partial charge in [-0.3, -0.25) is 9.78 Å². The predicted molar refractivity (Wildman–Crippen MR) is 127 cm³/mol. The number of hydrogen-bond donors (Lipinski definition) is 4. The number of pyridine rings is 2. The molecule has 3 aromatic rings. The average molecular weight is 503 g/mol. The summed E-state index contributed by atoms with van der Waals surface area (Å²) in [6, 6.07) is 8.04. The molecule has 0 spiro atoms. The number of aliphatic hydroxyl groups excluding tert-OH is 2. The van der Waals surface area contributed by atoms with Crippen LogP contribution in [0.2, 0.25) is 0 Å². The minimum absolute atomic E-state index is 0.0442. The lowest BCUT2D eigenvalue weighted by Gasteiger charge is -2.44. The molecule has 35 heavy (non-hydrogen) atoms. The predicted octanol–water partition coefficient (Wildman–Crippen LogP) is 2.11. The third-order valence-corrected chi connectivity index (χ3v) is 6.63. The summed E-state index contributed by atoms with van der Waals surface area (Å²) in [6.07, 6.45) is -0.0900. The Hall–Kier alpha value is -2.88. The van der Waals surface area contributed by atoms with Gasteiger partial charge in [-0.1, -0.05) is 12.1 Å². The Labute approximate surface area is 202 Å². The van der Waals surface area contributed by atoms with E-state index in [0.717, 1.165) is 6.07 Å². The van der Waals surface area contributed by atoms with Crippen molar-refractivity contribution in [3.63, 3.8) is 0 Å². The first-order chi connectivity index (χ1) is 16.7. The smallest absolute Gasteiger partial charge is 0.274 e. The first kappa shape index (κ1) is 25.2. The molecule has 1 aromatic carbocycles. The van der Waals surface area contributed by atoms with E-state index in [9.17, 15) is 28.9 Å². The zero-order chi connectivity index (χ0) is 25.3. The quantitative estimate of drug-likeness (QED) is 0.393. The highest BCUT2D eigenvalue weighted by Gasteiger charge is 2.48. The summed E-state index contributed by atoms with van der Waals surface area (Å²) in [5, 5.41) is 33.4. The molecule has 4 rings (SSSR count). The fraction of sp³-hybridized carbons (Fsp3) is 0.292. The van der Waals surface area contributed by atoms with Crippen molar-refractivity contribution in [2.75, 3.05) is 11.9 Å². The third-order valence-electron chi connectivity index (χ3n) is 6.15. The van der Waals surface area contributed by atoms with Gasteiger partial charge in [-0.25, -0.2) is 13.8 Å². The molecule has 1 unspecified atom stereocenters. The normalized spacial score (nSPS) is 24.3. The number of ether oxygens (including phenoxy) is 1. The minimum Gasteiger partial charge on any atom is -0.393 e. The third kappa shape index (κ3) is 4.80.